The van der Waals surface area contributed by atoms with Gasteiger partial charge in [-0.3, -0.25) is 0 Å². The second kappa shape index (κ2) is 14.1. The van der Waals surface area contributed by atoms with E-state index in [1.165, 1.54) is 31.2 Å². The Kier molecular flexibility index (Phi) is 12.6. The van der Waals surface area contributed by atoms with E-state index in [4.69, 9.17) is 5.73 Å². The van der Waals surface area contributed by atoms with E-state index in [0.717, 1.165) is 49.9 Å². The largest absolute Gasteiger partial charge is 0.504 e. The molecule has 3 rings (SSSR count). The van der Waals surface area contributed by atoms with Gasteiger partial charge in [0, 0.05) is 11.6 Å². The molecular weight excluding hydrogens is 508 g/mol. The van der Waals surface area contributed by atoms with Crippen LogP contribution in [0.25, 0.3) is 0 Å². The Labute approximate surface area is 201 Å². The number of halogens is 2. The van der Waals surface area contributed by atoms with Crippen molar-refractivity contribution >= 4 is 34.0 Å². The van der Waals surface area contributed by atoms with Gasteiger partial charge in [-0.2, -0.15) is 0 Å². The Bertz CT molecular complexity index is 743. The van der Waals surface area contributed by atoms with Gasteiger partial charge in [-0.15, -0.1) is 34.0 Å². The van der Waals surface area contributed by atoms with Crippen LogP contribution in [0, 0.1) is 5.92 Å². The average molecular weight is 544 g/mol. The number of unbranched alkanes of at least 4 members (excludes halogenated alkanes) is 3. The molecule has 6 heteroatoms. The summed E-state index contributed by atoms with van der Waals surface area (Å²) in [6.07, 6.45) is 8.97. The first-order valence-electron chi connectivity index (χ1n) is 10.7. The number of fused-ring (bicyclic) bond motifs is 1. The smallest absolute Gasteiger partial charge is 0.161 e. The molecule has 5 N–H and O–H groups in total. The number of rotatable bonds is 10. The molecule has 30 heavy (non-hydrogen) atoms. The first kappa shape index (κ1) is 27.0. The van der Waals surface area contributed by atoms with Gasteiger partial charge in [-0.1, -0.05) is 55.7 Å². The molecule has 0 aromatic heterocycles. The lowest BCUT2D eigenvalue weighted by Crippen LogP contribution is -2.27. The topological polar surface area (TPSA) is 78.5 Å². The molecular formula is C24H36Br2N2O2. The Balaban J connectivity index is 0.00000225. The van der Waals surface area contributed by atoms with Gasteiger partial charge in [-0.05, 0) is 68.3 Å². The summed E-state index contributed by atoms with van der Waals surface area (Å²) in [5.74, 6) is 0.452. The molecule has 4 nitrogen and oxygen atoms in total. The van der Waals surface area contributed by atoms with Crippen molar-refractivity contribution in [3.63, 3.8) is 0 Å². The van der Waals surface area contributed by atoms with E-state index in [2.05, 4.69) is 35.6 Å². The van der Waals surface area contributed by atoms with Gasteiger partial charge >= 0.3 is 0 Å². The highest BCUT2D eigenvalue weighted by Crippen LogP contribution is 2.42. The van der Waals surface area contributed by atoms with E-state index in [1.54, 1.807) is 6.07 Å². The van der Waals surface area contributed by atoms with Crippen molar-refractivity contribution in [1.82, 2.24) is 5.32 Å². The summed E-state index contributed by atoms with van der Waals surface area (Å²) in [4.78, 5) is 0. The SMILES string of the molecule is Br.Br.NC1c2ccc(O)c(O)c2CCC1CCCCCCNCCc1ccccc1. The van der Waals surface area contributed by atoms with Crippen molar-refractivity contribution in [2.75, 3.05) is 13.1 Å². The molecule has 2 aromatic carbocycles. The van der Waals surface area contributed by atoms with Gasteiger partial charge in [-0.25, -0.2) is 0 Å². The Morgan fingerprint density at radius 2 is 1.63 bits per heavy atom. The normalized spacial score (nSPS) is 17.5. The molecule has 1 aliphatic rings. The highest BCUT2D eigenvalue weighted by Gasteiger charge is 2.28. The number of nitrogens with two attached hydrogens (primary N) is 1. The Morgan fingerprint density at radius 1 is 0.900 bits per heavy atom. The Hall–Kier alpha value is -1.08. The maximum absolute atomic E-state index is 10.0. The fourth-order valence-corrected chi connectivity index (χ4v) is 4.31. The lowest BCUT2D eigenvalue weighted by molar-refractivity contribution is 0.330. The number of benzene rings is 2. The van der Waals surface area contributed by atoms with Crippen LogP contribution in [0.3, 0.4) is 0 Å². The number of aromatic hydroxyl groups is 2. The number of phenolic OH excluding ortho intramolecular Hbond substituents is 2. The summed E-state index contributed by atoms with van der Waals surface area (Å²) >= 11 is 0. The summed E-state index contributed by atoms with van der Waals surface area (Å²) in [5.41, 5.74) is 9.69. The quantitative estimate of drug-likeness (QED) is 0.232. The van der Waals surface area contributed by atoms with E-state index in [1.807, 2.05) is 6.07 Å². The Morgan fingerprint density at radius 3 is 2.40 bits per heavy atom. The lowest BCUT2D eigenvalue weighted by atomic mass is 9.77. The maximum atomic E-state index is 10.0. The van der Waals surface area contributed by atoms with E-state index in [9.17, 15) is 10.2 Å². The highest BCUT2D eigenvalue weighted by atomic mass is 79.9. The molecule has 168 valence electrons. The molecule has 2 unspecified atom stereocenters. The second-order valence-electron chi connectivity index (χ2n) is 8.01. The van der Waals surface area contributed by atoms with Gasteiger partial charge in [0.15, 0.2) is 11.5 Å². The zero-order valence-corrected chi connectivity index (χ0v) is 21.0. The van der Waals surface area contributed by atoms with Crippen LogP contribution < -0.4 is 11.1 Å². The van der Waals surface area contributed by atoms with Crippen molar-refractivity contribution in [2.24, 2.45) is 11.7 Å². The molecule has 0 aliphatic heterocycles. The summed E-state index contributed by atoms with van der Waals surface area (Å²) in [6.45, 7) is 2.13. The number of hydrogen-bond acceptors (Lipinski definition) is 4. The molecule has 0 radical (unpaired) electrons. The van der Waals surface area contributed by atoms with E-state index in [0.29, 0.717) is 5.92 Å². The fourth-order valence-electron chi connectivity index (χ4n) is 4.31. The van der Waals surface area contributed by atoms with Gasteiger partial charge in [0.05, 0.1) is 0 Å². The third-order valence-corrected chi connectivity index (χ3v) is 6.04. The summed E-state index contributed by atoms with van der Waals surface area (Å²) in [5, 5.41) is 23.2. The van der Waals surface area contributed by atoms with Crippen LogP contribution in [0.2, 0.25) is 0 Å². The van der Waals surface area contributed by atoms with Crippen molar-refractivity contribution in [3.8, 4) is 11.5 Å². The fraction of sp³-hybridized carbons (Fsp3) is 0.500. The molecule has 0 saturated heterocycles. The van der Waals surface area contributed by atoms with E-state index < -0.39 is 0 Å². The number of hydrogen-bond donors (Lipinski definition) is 4. The third-order valence-electron chi connectivity index (χ3n) is 6.04. The number of phenols is 2. The van der Waals surface area contributed by atoms with Crippen LogP contribution in [-0.2, 0) is 12.8 Å². The first-order valence-corrected chi connectivity index (χ1v) is 10.7. The molecule has 0 spiro atoms. The molecule has 0 saturated carbocycles. The van der Waals surface area contributed by atoms with Crippen LogP contribution >= 0.6 is 34.0 Å². The molecule has 0 amide bonds. The lowest BCUT2D eigenvalue weighted by Gasteiger charge is -2.31. The zero-order valence-electron chi connectivity index (χ0n) is 17.6. The minimum atomic E-state index is -0.0400. The van der Waals surface area contributed by atoms with Crippen LogP contribution in [0.15, 0.2) is 42.5 Å². The van der Waals surface area contributed by atoms with Crippen LogP contribution in [-0.4, -0.2) is 23.3 Å². The van der Waals surface area contributed by atoms with Gasteiger partial charge in [0.2, 0.25) is 0 Å². The van der Waals surface area contributed by atoms with Crippen molar-refractivity contribution in [1.29, 1.82) is 0 Å². The zero-order chi connectivity index (χ0) is 19.8. The summed E-state index contributed by atoms with van der Waals surface area (Å²) in [7, 11) is 0. The molecule has 1 aliphatic carbocycles. The van der Waals surface area contributed by atoms with Gasteiger partial charge < -0.3 is 21.3 Å². The van der Waals surface area contributed by atoms with Crippen LogP contribution in [0.5, 0.6) is 11.5 Å². The van der Waals surface area contributed by atoms with Crippen molar-refractivity contribution < 1.29 is 10.2 Å². The maximum Gasteiger partial charge on any atom is 0.161 e. The van der Waals surface area contributed by atoms with Crippen LogP contribution in [0.1, 0.15) is 61.3 Å². The van der Waals surface area contributed by atoms with E-state index >= 15 is 0 Å². The highest BCUT2D eigenvalue weighted by molar-refractivity contribution is 8.93. The first-order chi connectivity index (χ1) is 13.7. The number of nitrogens with one attached hydrogen (secondary N) is 1. The predicted molar refractivity (Wildman–Crippen MR) is 135 cm³/mol. The standard InChI is InChI=1S/C24H34N2O2.2BrH/c25-23-19(11-12-21-20(23)13-14-22(27)24(21)28)10-6-1-2-7-16-26-17-15-18-8-4-3-5-9-18;;/h3-5,8-9,13-14,19,23,26-28H,1-2,6-7,10-12,15-17,25H2;2*1H. The predicted octanol–water partition coefficient (Wildman–Crippen LogP) is 5.60. The molecule has 0 fully saturated rings. The van der Waals surface area contributed by atoms with E-state index in [-0.39, 0.29) is 51.5 Å². The molecule has 2 atom stereocenters. The second-order valence-corrected chi connectivity index (χ2v) is 8.01. The monoisotopic (exact) mass is 542 g/mol. The van der Waals surface area contributed by atoms with Crippen molar-refractivity contribution in [2.45, 2.75) is 57.4 Å². The molecule has 0 heterocycles. The minimum Gasteiger partial charge on any atom is -0.504 e. The minimum absolute atomic E-state index is 0. The molecule has 2 aromatic rings. The molecule has 0 bridgehead atoms. The average Bonchev–Trinajstić information content (AvgIpc) is 2.72. The summed E-state index contributed by atoms with van der Waals surface area (Å²) < 4.78 is 0. The van der Waals surface area contributed by atoms with Crippen LogP contribution in [0.4, 0.5) is 0 Å². The summed E-state index contributed by atoms with van der Waals surface area (Å²) in [6, 6.07) is 14.0. The van der Waals surface area contributed by atoms with Gasteiger partial charge in [0.25, 0.3) is 0 Å². The van der Waals surface area contributed by atoms with Gasteiger partial charge in [0.1, 0.15) is 0 Å². The van der Waals surface area contributed by atoms with Crippen molar-refractivity contribution in [3.05, 3.63) is 59.2 Å². The third kappa shape index (κ3) is 7.56.